The lowest BCUT2D eigenvalue weighted by Gasteiger charge is -2.02. The summed E-state index contributed by atoms with van der Waals surface area (Å²) in [7, 11) is 0. The molecule has 0 amide bonds. The average Bonchev–Trinajstić information content (AvgIpc) is 2.98. The summed E-state index contributed by atoms with van der Waals surface area (Å²) in [5.41, 5.74) is 1.69. The van der Waals surface area contributed by atoms with Gasteiger partial charge in [0.15, 0.2) is 0 Å². The van der Waals surface area contributed by atoms with Gasteiger partial charge in [-0.05, 0) is 35.9 Å². The molecule has 1 N–H and O–H groups in total. The minimum atomic E-state index is -1.22. The first-order chi connectivity index (χ1) is 9.70. The molecule has 0 aliphatic rings. The smallest absolute Gasteiger partial charge is 0.346 e. The van der Waals surface area contributed by atoms with Gasteiger partial charge in [-0.15, -0.1) is 0 Å². The lowest BCUT2D eigenvalue weighted by molar-refractivity contribution is -0.132. The molecule has 4 nitrogen and oxygen atoms in total. The number of carboxylic acids is 1. The van der Waals surface area contributed by atoms with Gasteiger partial charge in [0, 0.05) is 18.1 Å². The molecule has 0 radical (unpaired) electrons. The zero-order chi connectivity index (χ0) is 14.4. The SMILES string of the molecule is N#C/C(=C\C=C\c1ccc(-n2cccc2)cc1)C(=O)O. The van der Waals surface area contributed by atoms with Gasteiger partial charge in [-0.3, -0.25) is 0 Å². The number of aromatic nitrogens is 1. The molecule has 0 bridgehead atoms. The van der Waals surface area contributed by atoms with Crippen LogP contribution in [0.5, 0.6) is 0 Å². The second-order valence-electron chi connectivity index (χ2n) is 4.04. The Bertz CT molecular complexity index is 687. The van der Waals surface area contributed by atoms with Gasteiger partial charge in [-0.25, -0.2) is 4.79 Å². The highest BCUT2D eigenvalue weighted by molar-refractivity contribution is 5.91. The van der Waals surface area contributed by atoms with E-state index in [9.17, 15) is 4.79 Å². The van der Waals surface area contributed by atoms with Gasteiger partial charge in [-0.2, -0.15) is 5.26 Å². The normalized spacial score (nSPS) is 11.4. The third kappa shape index (κ3) is 3.24. The van der Waals surface area contributed by atoms with E-state index in [1.54, 1.807) is 18.2 Å². The van der Waals surface area contributed by atoms with Crippen molar-refractivity contribution in [1.82, 2.24) is 4.57 Å². The zero-order valence-corrected chi connectivity index (χ0v) is 10.6. The number of hydrogen-bond donors (Lipinski definition) is 1. The number of rotatable bonds is 4. The Balaban J connectivity index is 2.12. The second kappa shape index (κ2) is 6.21. The summed E-state index contributed by atoms with van der Waals surface area (Å²) in [5.74, 6) is -1.22. The van der Waals surface area contributed by atoms with Crippen LogP contribution in [-0.4, -0.2) is 15.6 Å². The summed E-state index contributed by atoms with van der Waals surface area (Å²) in [4.78, 5) is 10.6. The van der Waals surface area contributed by atoms with Crippen molar-refractivity contribution >= 4 is 12.0 Å². The largest absolute Gasteiger partial charge is 0.477 e. The van der Waals surface area contributed by atoms with Crippen molar-refractivity contribution in [3.8, 4) is 11.8 Å². The highest BCUT2D eigenvalue weighted by atomic mass is 16.4. The zero-order valence-electron chi connectivity index (χ0n) is 10.6. The fraction of sp³-hybridized carbons (Fsp3) is 0. The van der Waals surface area contributed by atoms with E-state index in [1.165, 1.54) is 6.08 Å². The molecular formula is C16H12N2O2. The maximum Gasteiger partial charge on any atom is 0.346 e. The molecule has 0 fully saturated rings. The molecule has 1 aromatic heterocycles. The van der Waals surface area contributed by atoms with Crippen LogP contribution >= 0.6 is 0 Å². The van der Waals surface area contributed by atoms with Gasteiger partial charge < -0.3 is 9.67 Å². The summed E-state index contributed by atoms with van der Waals surface area (Å²) in [6, 6.07) is 13.3. The molecule has 0 atom stereocenters. The van der Waals surface area contributed by atoms with E-state index < -0.39 is 5.97 Å². The lowest BCUT2D eigenvalue weighted by Crippen LogP contribution is -1.96. The number of allylic oxidation sites excluding steroid dienone is 2. The van der Waals surface area contributed by atoms with Gasteiger partial charge in [0.25, 0.3) is 0 Å². The highest BCUT2D eigenvalue weighted by Gasteiger charge is 2.02. The van der Waals surface area contributed by atoms with Crippen LogP contribution in [0.3, 0.4) is 0 Å². The molecule has 0 aliphatic carbocycles. The molecule has 0 saturated heterocycles. The fourth-order valence-electron chi connectivity index (χ4n) is 1.68. The van der Waals surface area contributed by atoms with E-state index in [-0.39, 0.29) is 5.57 Å². The molecule has 98 valence electrons. The van der Waals surface area contributed by atoms with Crippen LogP contribution in [0.4, 0.5) is 0 Å². The minimum Gasteiger partial charge on any atom is -0.477 e. The fourth-order valence-corrected chi connectivity index (χ4v) is 1.68. The van der Waals surface area contributed by atoms with E-state index in [0.717, 1.165) is 11.3 Å². The first-order valence-corrected chi connectivity index (χ1v) is 5.96. The predicted octanol–water partition coefficient (Wildman–Crippen LogP) is 3.03. The third-order valence-corrected chi connectivity index (χ3v) is 2.70. The first-order valence-electron chi connectivity index (χ1n) is 5.96. The monoisotopic (exact) mass is 264 g/mol. The van der Waals surface area contributed by atoms with Crippen LogP contribution < -0.4 is 0 Å². The van der Waals surface area contributed by atoms with Crippen molar-refractivity contribution in [2.45, 2.75) is 0 Å². The van der Waals surface area contributed by atoms with Gasteiger partial charge in [-0.1, -0.05) is 24.3 Å². The number of carbonyl (C=O) groups is 1. The summed E-state index contributed by atoms with van der Waals surface area (Å²) in [6.45, 7) is 0. The predicted molar refractivity (Wildman–Crippen MR) is 76.1 cm³/mol. The molecule has 2 aromatic rings. The standard InChI is InChI=1S/C16H12N2O2/c17-12-14(16(19)20)5-3-4-13-6-8-15(9-7-13)18-10-1-2-11-18/h1-11H,(H,19,20)/b4-3+,14-5+. The Morgan fingerprint density at radius 3 is 2.40 bits per heavy atom. The highest BCUT2D eigenvalue weighted by Crippen LogP contribution is 2.11. The Labute approximate surface area is 116 Å². The Morgan fingerprint density at radius 1 is 1.20 bits per heavy atom. The quantitative estimate of drug-likeness (QED) is 0.524. The van der Waals surface area contributed by atoms with Crippen molar-refractivity contribution in [2.24, 2.45) is 0 Å². The summed E-state index contributed by atoms with van der Waals surface area (Å²) in [5, 5.41) is 17.3. The van der Waals surface area contributed by atoms with Crippen LogP contribution in [0, 0.1) is 11.3 Å². The molecule has 0 aliphatic heterocycles. The minimum absolute atomic E-state index is 0.287. The van der Waals surface area contributed by atoms with Crippen LogP contribution in [-0.2, 0) is 4.79 Å². The number of hydrogen-bond acceptors (Lipinski definition) is 2. The summed E-state index contributed by atoms with van der Waals surface area (Å²) in [6.07, 6.45) is 8.50. The molecular weight excluding hydrogens is 252 g/mol. The number of nitrogens with zero attached hydrogens (tertiary/aromatic N) is 2. The molecule has 0 unspecified atom stereocenters. The van der Waals surface area contributed by atoms with Gasteiger partial charge in [0.1, 0.15) is 11.6 Å². The number of nitriles is 1. The number of carboxylic acid groups (broad SMARTS) is 1. The van der Waals surface area contributed by atoms with E-state index in [0.29, 0.717) is 0 Å². The maximum atomic E-state index is 10.6. The van der Waals surface area contributed by atoms with Crippen molar-refractivity contribution in [3.63, 3.8) is 0 Å². The lowest BCUT2D eigenvalue weighted by atomic mass is 10.2. The van der Waals surface area contributed by atoms with Crippen molar-refractivity contribution in [1.29, 1.82) is 5.26 Å². The summed E-state index contributed by atoms with van der Waals surface area (Å²) >= 11 is 0. The molecule has 0 spiro atoms. The van der Waals surface area contributed by atoms with Crippen LogP contribution in [0.15, 0.2) is 66.5 Å². The van der Waals surface area contributed by atoms with Crippen LogP contribution in [0.1, 0.15) is 5.56 Å². The molecule has 1 aromatic carbocycles. The topological polar surface area (TPSA) is 66.0 Å². The Hall–Kier alpha value is -3.06. The van der Waals surface area contributed by atoms with E-state index >= 15 is 0 Å². The second-order valence-corrected chi connectivity index (χ2v) is 4.04. The molecule has 4 heteroatoms. The van der Waals surface area contributed by atoms with E-state index in [1.807, 2.05) is 53.4 Å². The molecule has 0 saturated carbocycles. The van der Waals surface area contributed by atoms with E-state index in [4.69, 9.17) is 10.4 Å². The van der Waals surface area contributed by atoms with Crippen molar-refractivity contribution in [2.75, 3.05) is 0 Å². The van der Waals surface area contributed by atoms with Gasteiger partial charge >= 0.3 is 5.97 Å². The number of benzene rings is 1. The Kier molecular flexibility index (Phi) is 4.15. The maximum absolute atomic E-state index is 10.6. The van der Waals surface area contributed by atoms with E-state index in [2.05, 4.69) is 0 Å². The van der Waals surface area contributed by atoms with Crippen molar-refractivity contribution in [3.05, 3.63) is 72.1 Å². The molecule has 1 heterocycles. The van der Waals surface area contributed by atoms with Gasteiger partial charge in [0.05, 0.1) is 0 Å². The van der Waals surface area contributed by atoms with Gasteiger partial charge in [0.2, 0.25) is 0 Å². The third-order valence-electron chi connectivity index (χ3n) is 2.70. The first kappa shape index (κ1) is 13.4. The van der Waals surface area contributed by atoms with Crippen molar-refractivity contribution < 1.29 is 9.90 Å². The summed E-state index contributed by atoms with van der Waals surface area (Å²) < 4.78 is 1.99. The average molecular weight is 264 g/mol. The molecule has 20 heavy (non-hydrogen) atoms. The number of aliphatic carboxylic acids is 1. The Morgan fingerprint density at radius 2 is 1.85 bits per heavy atom. The van der Waals surface area contributed by atoms with Crippen LogP contribution in [0.25, 0.3) is 11.8 Å². The molecule has 2 rings (SSSR count). The van der Waals surface area contributed by atoms with Crippen LogP contribution in [0.2, 0.25) is 0 Å².